The molecular weight excluding hydrogens is 292 g/mol. The predicted octanol–water partition coefficient (Wildman–Crippen LogP) is 0.660. The van der Waals surface area contributed by atoms with Crippen LogP contribution < -0.4 is 0 Å². The van der Waals surface area contributed by atoms with Crippen molar-refractivity contribution in [2.75, 3.05) is 53.0 Å². The van der Waals surface area contributed by atoms with Crippen molar-refractivity contribution >= 4 is 12.1 Å². The van der Waals surface area contributed by atoms with E-state index in [0.717, 1.165) is 19.6 Å². The molecule has 1 saturated heterocycles. The lowest BCUT2D eigenvalue weighted by Gasteiger charge is -2.33. The minimum absolute atomic E-state index is 0.0295. The van der Waals surface area contributed by atoms with E-state index in [1.54, 1.807) is 25.8 Å². The van der Waals surface area contributed by atoms with E-state index in [2.05, 4.69) is 9.64 Å². The largest absolute Gasteiger partial charge is 0.528 e. The van der Waals surface area contributed by atoms with Gasteiger partial charge in [-0.3, -0.25) is 4.90 Å². The minimum Gasteiger partial charge on any atom is -0.467 e. The van der Waals surface area contributed by atoms with Crippen LogP contribution in [-0.4, -0.2) is 80.7 Å². The molecule has 0 aromatic rings. The first-order valence-corrected chi connectivity index (χ1v) is 7.33. The summed E-state index contributed by atoms with van der Waals surface area (Å²) < 4.78 is 14.8. The molecule has 1 heterocycles. The van der Waals surface area contributed by atoms with Crippen LogP contribution in [0, 0.1) is 0 Å². The van der Waals surface area contributed by atoms with E-state index in [9.17, 15) is 9.59 Å². The van der Waals surface area contributed by atoms with Gasteiger partial charge in [0.25, 0.3) is 0 Å². The topological polar surface area (TPSA) is 77.5 Å². The first-order valence-electron chi connectivity index (χ1n) is 7.33. The van der Waals surface area contributed by atoms with Gasteiger partial charge in [0.15, 0.2) is 0 Å². The van der Waals surface area contributed by atoms with Gasteiger partial charge in [-0.25, -0.2) is 9.59 Å². The van der Waals surface area contributed by atoms with Crippen LogP contribution >= 0.6 is 0 Å². The third-order valence-electron chi connectivity index (χ3n) is 2.92. The summed E-state index contributed by atoms with van der Waals surface area (Å²) >= 11 is 0. The van der Waals surface area contributed by atoms with E-state index >= 15 is 0 Å². The average molecular weight is 318 g/mol. The first-order chi connectivity index (χ1) is 10.3. The zero-order chi connectivity index (χ0) is 16.6. The average Bonchev–Trinajstić information content (AvgIpc) is 2.43. The SMILES string of the molecule is COC(=O)COCCN1CCN(OC(=O)OC(C)(C)C)CC1. The molecule has 0 amide bonds. The molecule has 8 nitrogen and oxygen atoms in total. The summed E-state index contributed by atoms with van der Waals surface area (Å²) in [5.74, 6) is -0.379. The van der Waals surface area contributed by atoms with Crippen LogP contribution in [0.1, 0.15) is 20.8 Å². The molecule has 1 aliphatic heterocycles. The summed E-state index contributed by atoms with van der Waals surface area (Å²) in [4.78, 5) is 29.7. The summed E-state index contributed by atoms with van der Waals surface area (Å²) in [6.45, 7) is 9.25. The molecule has 22 heavy (non-hydrogen) atoms. The highest BCUT2D eigenvalue weighted by molar-refractivity contribution is 5.70. The summed E-state index contributed by atoms with van der Waals surface area (Å²) in [5.41, 5.74) is -0.560. The Bertz CT molecular complexity index is 361. The number of piperazine rings is 1. The molecule has 0 aromatic carbocycles. The van der Waals surface area contributed by atoms with E-state index < -0.39 is 11.8 Å². The van der Waals surface area contributed by atoms with Gasteiger partial charge in [-0.1, -0.05) is 0 Å². The molecule has 0 unspecified atom stereocenters. The van der Waals surface area contributed by atoms with Crippen molar-refractivity contribution in [2.45, 2.75) is 26.4 Å². The molecule has 0 N–H and O–H groups in total. The standard InChI is InChI=1S/C14H26N2O6/c1-14(2,3)21-13(18)22-16-7-5-15(6-8-16)9-10-20-11-12(17)19-4/h5-11H2,1-4H3. The number of rotatable bonds is 6. The summed E-state index contributed by atoms with van der Waals surface area (Å²) in [6, 6.07) is 0. The number of hydroxylamine groups is 2. The fraction of sp³-hybridized carbons (Fsp3) is 0.857. The smallest absolute Gasteiger partial charge is 0.467 e. The normalized spacial score (nSPS) is 17.1. The predicted molar refractivity (Wildman–Crippen MR) is 78.2 cm³/mol. The first kappa shape index (κ1) is 18.7. The Morgan fingerprint density at radius 2 is 1.73 bits per heavy atom. The van der Waals surface area contributed by atoms with Crippen LogP contribution in [0.5, 0.6) is 0 Å². The maximum atomic E-state index is 11.5. The van der Waals surface area contributed by atoms with Crippen molar-refractivity contribution in [3.8, 4) is 0 Å². The lowest BCUT2D eigenvalue weighted by molar-refractivity contribution is -0.159. The molecule has 1 rings (SSSR count). The number of carbonyl (C=O) groups excluding carboxylic acids is 2. The van der Waals surface area contributed by atoms with Crippen molar-refractivity contribution in [3.05, 3.63) is 0 Å². The van der Waals surface area contributed by atoms with Crippen molar-refractivity contribution < 1.29 is 28.6 Å². The number of ether oxygens (including phenoxy) is 3. The second-order valence-electron chi connectivity index (χ2n) is 5.96. The number of esters is 1. The van der Waals surface area contributed by atoms with Crippen molar-refractivity contribution in [1.29, 1.82) is 0 Å². The highest BCUT2D eigenvalue weighted by atomic mass is 16.8. The van der Waals surface area contributed by atoms with Crippen LogP contribution in [0.2, 0.25) is 0 Å². The Balaban J connectivity index is 2.13. The number of hydrogen-bond acceptors (Lipinski definition) is 8. The maximum absolute atomic E-state index is 11.5. The Kier molecular flexibility index (Phi) is 7.57. The van der Waals surface area contributed by atoms with Crippen LogP contribution in [0.3, 0.4) is 0 Å². The van der Waals surface area contributed by atoms with Gasteiger partial charge < -0.3 is 19.0 Å². The van der Waals surface area contributed by atoms with Gasteiger partial charge in [0, 0.05) is 32.7 Å². The molecule has 0 spiro atoms. The van der Waals surface area contributed by atoms with E-state index in [4.69, 9.17) is 14.3 Å². The van der Waals surface area contributed by atoms with Crippen LogP contribution in [0.15, 0.2) is 0 Å². The number of carbonyl (C=O) groups is 2. The van der Waals surface area contributed by atoms with Gasteiger partial charge in [0.05, 0.1) is 13.7 Å². The number of methoxy groups -OCH3 is 1. The van der Waals surface area contributed by atoms with E-state index in [0.29, 0.717) is 19.7 Å². The highest BCUT2D eigenvalue weighted by Crippen LogP contribution is 2.10. The minimum atomic E-state index is -0.678. The molecule has 0 bridgehead atoms. The van der Waals surface area contributed by atoms with Gasteiger partial charge in [0.2, 0.25) is 0 Å². The molecule has 1 aliphatic rings. The van der Waals surface area contributed by atoms with E-state index in [-0.39, 0.29) is 12.6 Å². The number of nitrogens with zero attached hydrogens (tertiary/aromatic N) is 2. The van der Waals surface area contributed by atoms with Gasteiger partial charge in [-0.05, 0) is 20.8 Å². The monoisotopic (exact) mass is 318 g/mol. The Morgan fingerprint density at radius 3 is 2.27 bits per heavy atom. The zero-order valence-electron chi connectivity index (χ0n) is 13.8. The van der Waals surface area contributed by atoms with E-state index in [1.807, 2.05) is 0 Å². The molecule has 0 saturated carbocycles. The zero-order valence-corrected chi connectivity index (χ0v) is 13.8. The summed E-state index contributed by atoms with van der Waals surface area (Å²) in [5, 5.41) is 1.60. The molecule has 0 aromatic heterocycles. The third kappa shape index (κ3) is 8.16. The van der Waals surface area contributed by atoms with Crippen molar-refractivity contribution in [2.24, 2.45) is 0 Å². The molecular formula is C14H26N2O6. The Labute approximate surface area is 131 Å². The lowest BCUT2D eigenvalue weighted by atomic mass is 10.2. The Morgan fingerprint density at radius 1 is 1.09 bits per heavy atom. The molecule has 128 valence electrons. The second kappa shape index (κ2) is 8.92. The summed E-state index contributed by atoms with van der Waals surface area (Å²) in [6.07, 6.45) is -0.678. The molecule has 8 heteroatoms. The van der Waals surface area contributed by atoms with Gasteiger partial charge in [0.1, 0.15) is 12.2 Å². The fourth-order valence-electron chi connectivity index (χ4n) is 1.83. The summed E-state index contributed by atoms with van der Waals surface area (Å²) in [7, 11) is 1.33. The maximum Gasteiger partial charge on any atom is 0.528 e. The van der Waals surface area contributed by atoms with Crippen LogP contribution in [-0.2, 0) is 23.8 Å². The van der Waals surface area contributed by atoms with Crippen molar-refractivity contribution in [3.63, 3.8) is 0 Å². The van der Waals surface area contributed by atoms with Crippen molar-refractivity contribution in [1.82, 2.24) is 9.96 Å². The molecule has 0 aliphatic carbocycles. The molecule has 0 radical (unpaired) electrons. The Hall–Kier alpha value is -1.38. The second-order valence-corrected chi connectivity index (χ2v) is 5.96. The van der Waals surface area contributed by atoms with Crippen LogP contribution in [0.25, 0.3) is 0 Å². The van der Waals surface area contributed by atoms with Gasteiger partial charge in [-0.15, -0.1) is 5.06 Å². The van der Waals surface area contributed by atoms with E-state index in [1.165, 1.54) is 7.11 Å². The van der Waals surface area contributed by atoms with Gasteiger partial charge >= 0.3 is 12.1 Å². The molecule has 1 fully saturated rings. The molecule has 0 atom stereocenters. The quantitative estimate of drug-likeness (QED) is 0.522. The lowest BCUT2D eigenvalue weighted by Crippen LogP contribution is -2.48. The van der Waals surface area contributed by atoms with Crippen LogP contribution in [0.4, 0.5) is 4.79 Å². The highest BCUT2D eigenvalue weighted by Gasteiger charge is 2.23. The third-order valence-corrected chi connectivity index (χ3v) is 2.92. The fourth-order valence-corrected chi connectivity index (χ4v) is 1.83. The van der Waals surface area contributed by atoms with Gasteiger partial charge in [-0.2, -0.15) is 0 Å². The number of hydrogen-bond donors (Lipinski definition) is 0.